The number of halogens is 1. The molecule has 0 N–H and O–H groups in total. The predicted molar refractivity (Wildman–Crippen MR) is 112 cm³/mol. The van der Waals surface area contributed by atoms with E-state index in [0.717, 1.165) is 37.8 Å². The summed E-state index contributed by atoms with van der Waals surface area (Å²) in [6.07, 6.45) is 4.79. The van der Waals surface area contributed by atoms with Crippen LogP contribution in [0, 0.1) is 5.82 Å². The van der Waals surface area contributed by atoms with Crippen LogP contribution in [0.5, 0.6) is 0 Å². The van der Waals surface area contributed by atoms with Crippen molar-refractivity contribution in [2.75, 3.05) is 18.0 Å². The lowest BCUT2D eigenvalue weighted by Gasteiger charge is -2.21. The molecule has 0 aromatic heterocycles. The molecule has 2 aromatic carbocycles. The van der Waals surface area contributed by atoms with E-state index in [9.17, 15) is 14.0 Å². The van der Waals surface area contributed by atoms with Crippen LogP contribution >= 0.6 is 0 Å². The van der Waals surface area contributed by atoms with E-state index in [4.69, 9.17) is 0 Å². The molecule has 2 aromatic rings. The highest BCUT2D eigenvalue weighted by Gasteiger charge is 2.42. The van der Waals surface area contributed by atoms with E-state index in [0.29, 0.717) is 29.9 Å². The van der Waals surface area contributed by atoms with Gasteiger partial charge in [0.05, 0.1) is 5.57 Å². The van der Waals surface area contributed by atoms with Gasteiger partial charge in [0, 0.05) is 18.8 Å². The Morgan fingerprint density at radius 3 is 2.45 bits per heavy atom. The van der Waals surface area contributed by atoms with E-state index in [1.54, 1.807) is 12.1 Å². The van der Waals surface area contributed by atoms with Gasteiger partial charge in [-0.3, -0.25) is 14.5 Å². The van der Waals surface area contributed by atoms with Gasteiger partial charge in [-0.05, 0) is 42.2 Å². The molecule has 0 bridgehead atoms. The van der Waals surface area contributed by atoms with E-state index in [1.807, 2.05) is 23.1 Å². The van der Waals surface area contributed by atoms with Gasteiger partial charge in [0.15, 0.2) is 0 Å². The number of benzene rings is 2. The summed E-state index contributed by atoms with van der Waals surface area (Å²) in [5.74, 6) is -0.893. The Kier molecular flexibility index (Phi) is 5.47. The van der Waals surface area contributed by atoms with Crippen molar-refractivity contribution in [3.05, 3.63) is 71.2 Å². The van der Waals surface area contributed by atoms with Gasteiger partial charge >= 0.3 is 0 Å². The molecule has 0 saturated heterocycles. The maximum Gasteiger partial charge on any atom is 0.278 e. The van der Waals surface area contributed by atoms with Crippen LogP contribution in [-0.2, 0) is 16.0 Å². The summed E-state index contributed by atoms with van der Waals surface area (Å²) < 4.78 is 13.5. The molecule has 29 heavy (non-hydrogen) atoms. The number of carbonyl (C=O) groups is 2. The Labute approximate surface area is 170 Å². The average Bonchev–Trinajstić information content (AvgIpc) is 3.25. The summed E-state index contributed by atoms with van der Waals surface area (Å²) >= 11 is 0. The van der Waals surface area contributed by atoms with E-state index < -0.39 is 0 Å². The summed E-state index contributed by atoms with van der Waals surface area (Å²) in [4.78, 5) is 30.0. The fourth-order valence-corrected chi connectivity index (χ4v) is 4.16. The zero-order valence-electron chi connectivity index (χ0n) is 16.7. The largest absolute Gasteiger partial charge is 0.336 e. The quantitative estimate of drug-likeness (QED) is 0.513. The molecule has 0 atom stereocenters. The number of imide groups is 1. The van der Waals surface area contributed by atoms with Crippen LogP contribution in [-0.4, -0.2) is 29.8 Å². The standard InChI is InChI=1S/C24H25FN2O2/c1-2-3-4-7-15-27-23(28)21(18-10-12-19(25)13-11-18)22(24(27)29)26-16-14-17-8-5-6-9-20(17)26/h5-6,8-13H,2-4,7,14-16H2,1H3. The number of para-hydroxylation sites is 1. The van der Waals surface area contributed by atoms with E-state index in [-0.39, 0.29) is 17.6 Å². The first-order chi connectivity index (χ1) is 14.1. The predicted octanol–water partition coefficient (Wildman–Crippen LogP) is 4.55. The van der Waals surface area contributed by atoms with E-state index in [2.05, 4.69) is 13.0 Å². The number of nitrogens with zero attached hydrogens (tertiary/aromatic N) is 2. The van der Waals surface area contributed by atoms with Gasteiger partial charge < -0.3 is 4.90 Å². The number of hydrogen-bond donors (Lipinski definition) is 0. The highest BCUT2D eigenvalue weighted by atomic mass is 19.1. The van der Waals surface area contributed by atoms with Gasteiger partial charge in [-0.25, -0.2) is 4.39 Å². The van der Waals surface area contributed by atoms with Crippen LogP contribution in [0.1, 0.15) is 43.7 Å². The van der Waals surface area contributed by atoms with Crippen molar-refractivity contribution in [3.63, 3.8) is 0 Å². The Balaban J connectivity index is 1.73. The molecule has 0 fully saturated rings. The van der Waals surface area contributed by atoms with Gasteiger partial charge in [-0.2, -0.15) is 0 Å². The lowest BCUT2D eigenvalue weighted by atomic mass is 10.0. The third-order valence-corrected chi connectivity index (χ3v) is 5.67. The molecule has 0 radical (unpaired) electrons. The topological polar surface area (TPSA) is 40.6 Å². The Morgan fingerprint density at radius 1 is 0.931 bits per heavy atom. The van der Waals surface area contributed by atoms with Crippen LogP contribution in [0.4, 0.5) is 10.1 Å². The van der Waals surface area contributed by atoms with Crippen molar-refractivity contribution in [1.82, 2.24) is 4.90 Å². The lowest BCUT2D eigenvalue weighted by molar-refractivity contribution is -0.136. The zero-order valence-corrected chi connectivity index (χ0v) is 16.7. The van der Waals surface area contributed by atoms with Crippen LogP contribution in [0.2, 0.25) is 0 Å². The molecule has 2 aliphatic rings. The minimum atomic E-state index is -0.365. The molecule has 5 heteroatoms. The number of hydrogen-bond acceptors (Lipinski definition) is 3. The van der Waals surface area contributed by atoms with Crippen molar-refractivity contribution in [1.29, 1.82) is 0 Å². The zero-order chi connectivity index (χ0) is 20.4. The summed E-state index contributed by atoms with van der Waals surface area (Å²) in [6, 6.07) is 13.8. The molecule has 2 heterocycles. The van der Waals surface area contributed by atoms with Crippen molar-refractivity contribution in [2.24, 2.45) is 0 Å². The second-order valence-electron chi connectivity index (χ2n) is 7.58. The van der Waals surface area contributed by atoms with Gasteiger partial charge in [0.25, 0.3) is 11.8 Å². The summed E-state index contributed by atoms with van der Waals surface area (Å²) in [7, 11) is 0. The highest BCUT2D eigenvalue weighted by molar-refractivity contribution is 6.36. The summed E-state index contributed by atoms with van der Waals surface area (Å²) in [5.41, 5.74) is 3.51. The van der Waals surface area contributed by atoms with Gasteiger partial charge in [-0.1, -0.05) is 56.5 Å². The molecule has 4 nitrogen and oxygen atoms in total. The smallest absolute Gasteiger partial charge is 0.278 e. The molecule has 0 saturated carbocycles. The maximum atomic E-state index is 13.5. The van der Waals surface area contributed by atoms with Gasteiger partial charge in [-0.15, -0.1) is 0 Å². The minimum absolute atomic E-state index is 0.248. The van der Waals surface area contributed by atoms with Crippen LogP contribution < -0.4 is 4.90 Å². The van der Waals surface area contributed by atoms with Crippen molar-refractivity contribution < 1.29 is 14.0 Å². The van der Waals surface area contributed by atoms with Crippen LogP contribution in [0.25, 0.3) is 5.57 Å². The second kappa shape index (κ2) is 8.19. The number of carbonyl (C=O) groups excluding carboxylic acids is 2. The van der Waals surface area contributed by atoms with Crippen LogP contribution in [0.3, 0.4) is 0 Å². The molecule has 150 valence electrons. The summed E-state index contributed by atoms with van der Waals surface area (Å²) in [6.45, 7) is 3.20. The Morgan fingerprint density at radius 2 is 1.69 bits per heavy atom. The monoisotopic (exact) mass is 392 g/mol. The van der Waals surface area contributed by atoms with Gasteiger partial charge in [0.2, 0.25) is 0 Å². The number of anilines is 1. The number of fused-ring (bicyclic) bond motifs is 1. The minimum Gasteiger partial charge on any atom is -0.336 e. The summed E-state index contributed by atoms with van der Waals surface area (Å²) in [5, 5.41) is 0. The van der Waals surface area contributed by atoms with Crippen LogP contribution in [0.15, 0.2) is 54.2 Å². The lowest BCUT2D eigenvalue weighted by Crippen LogP contribution is -2.35. The SMILES string of the molecule is CCCCCCN1C(=O)C(c2ccc(F)cc2)=C(N2CCc3ccccc32)C1=O. The number of amides is 2. The molecule has 0 aliphatic carbocycles. The molecule has 4 rings (SSSR count). The second-order valence-corrected chi connectivity index (χ2v) is 7.58. The number of rotatable bonds is 7. The molecule has 2 amide bonds. The first-order valence-corrected chi connectivity index (χ1v) is 10.3. The van der Waals surface area contributed by atoms with E-state index in [1.165, 1.54) is 22.6 Å². The fourth-order valence-electron chi connectivity index (χ4n) is 4.16. The Bertz CT molecular complexity index is 965. The van der Waals surface area contributed by atoms with Crippen molar-refractivity contribution in [3.8, 4) is 0 Å². The first-order valence-electron chi connectivity index (χ1n) is 10.3. The molecule has 0 spiro atoms. The third-order valence-electron chi connectivity index (χ3n) is 5.67. The highest BCUT2D eigenvalue weighted by Crippen LogP contribution is 2.38. The van der Waals surface area contributed by atoms with Gasteiger partial charge in [0.1, 0.15) is 11.5 Å². The van der Waals surface area contributed by atoms with Crippen molar-refractivity contribution >= 4 is 23.1 Å². The normalized spacial score (nSPS) is 16.2. The van der Waals surface area contributed by atoms with Crippen molar-refractivity contribution in [2.45, 2.75) is 39.0 Å². The molecular weight excluding hydrogens is 367 g/mol. The Hall–Kier alpha value is -2.95. The number of unbranched alkanes of at least 4 members (excludes halogenated alkanes) is 3. The fraction of sp³-hybridized carbons (Fsp3) is 0.333. The molecular formula is C24H25FN2O2. The first kappa shape index (κ1) is 19.4. The molecule has 2 aliphatic heterocycles. The molecule has 0 unspecified atom stereocenters. The maximum absolute atomic E-state index is 13.5. The average molecular weight is 392 g/mol. The van der Waals surface area contributed by atoms with E-state index >= 15 is 0 Å². The third kappa shape index (κ3) is 3.57.